The Kier molecular flexibility index (Phi) is 13.2. The van der Waals surface area contributed by atoms with E-state index in [1.54, 1.807) is 39.6 Å². The van der Waals surface area contributed by atoms with Crippen LogP contribution in [0.3, 0.4) is 0 Å². The van der Waals surface area contributed by atoms with Crippen molar-refractivity contribution in [2.24, 2.45) is 5.92 Å². The highest BCUT2D eigenvalue weighted by molar-refractivity contribution is 7.11. The molecule has 0 bridgehead atoms. The first kappa shape index (κ1) is 47.6. The van der Waals surface area contributed by atoms with E-state index in [1.807, 2.05) is 58.2 Å². The Hall–Kier alpha value is -7.02. The number of benzene rings is 2. The van der Waals surface area contributed by atoms with Crippen LogP contribution in [0.25, 0.3) is 44.7 Å². The molecule has 4 aromatic heterocycles. The number of carbonyl (C=O) groups is 4. The van der Waals surface area contributed by atoms with Crippen molar-refractivity contribution in [1.82, 2.24) is 49.9 Å². The van der Waals surface area contributed by atoms with Gasteiger partial charge in [0.15, 0.2) is 0 Å². The molecule has 4 aliphatic rings. The van der Waals surface area contributed by atoms with Gasteiger partial charge in [-0.25, -0.2) is 28.9 Å². The minimum Gasteiger partial charge on any atom is -0.464 e. The van der Waals surface area contributed by atoms with Gasteiger partial charge in [-0.2, -0.15) is 0 Å². The number of hydrogen-bond donors (Lipinski definition) is 4. The lowest BCUT2D eigenvalue weighted by molar-refractivity contribution is -0.135. The number of imidazole rings is 2. The van der Waals surface area contributed by atoms with Crippen molar-refractivity contribution in [3.63, 3.8) is 0 Å². The van der Waals surface area contributed by atoms with E-state index in [4.69, 9.17) is 29.2 Å². The maximum Gasteiger partial charge on any atom is 0.407 e. The van der Waals surface area contributed by atoms with E-state index in [-0.39, 0.29) is 29.8 Å². The van der Waals surface area contributed by atoms with Crippen LogP contribution < -0.4 is 15.4 Å². The monoisotopic (exact) mass is 986 g/mol. The Morgan fingerprint density at radius 1 is 0.803 bits per heavy atom. The number of aromatic nitrogens is 6. The molecule has 3 fully saturated rings. The van der Waals surface area contributed by atoms with Gasteiger partial charge in [0.2, 0.25) is 18.0 Å². The Balaban J connectivity index is 0.972. The lowest BCUT2D eigenvalue weighted by atomic mass is 10.0. The quantitative estimate of drug-likeness (QED) is 0.0856. The van der Waals surface area contributed by atoms with Crippen molar-refractivity contribution in [2.45, 2.75) is 115 Å². The van der Waals surface area contributed by atoms with Gasteiger partial charge in [-0.05, 0) is 88.6 Å². The van der Waals surface area contributed by atoms with Gasteiger partial charge in [-0.1, -0.05) is 44.4 Å². The number of halogens is 1. The third-order valence-corrected chi connectivity index (χ3v) is 15.4. The predicted octanol–water partition coefficient (Wildman–Crippen LogP) is 9.68. The Labute approximate surface area is 414 Å². The van der Waals surface area contributed by atoms with Gasteiger partial charge in [-0.15, -0.1) is 11.3 Å². The fourth-order valence-corrected chi connectivity index (χ4v) is 11.9. The molecule has 4 N–H and O–H groups in total. The molecule has 3 aliphatic heterocycles. The maximum atomic E-state index is 17.0. The van der Waals surface area contributed by atoms with Gasteiger partial charge in [0.05, 0.1) is 76.7 Å². The van der Waals surface area contributed by atoms with E-state index >= 15 is 4.39 Å². The molecule has 2 saturated heterocycles. The van der Waals surface area contributed by atoms with Crippen molar-refractivity contribution in [3.8, 4) is 39.5 Å². The van der Waals surface area contributed by atoms with Gasteiger partial charge in [0.1, 0.15) is 35.3 Å². The summed E-state index contributed by atoms with van der Waals surface area (Å²) in [6.45, 7) is 8.52. The lowest BCUT2D eigenvalue weighted by Crippen LogP contribution is -2.51. The zero-order chi connectivity index (χ0) is 49.7. The molecule has 0 radical (unpaired) electrons. The summed E-state index contributed by atoms with van der Waals surface area (Å²) in [5, 5.41) is 7.31. The summed E-state index contributed by atoms with van der Waals surface area (Å²) in [5.74, 6) is 0.911. The second-order valence-electron chi connectivity index (χ2n) is 19.5. The molecule has 19 heteroatoms. The number of alkyl carbamates (subject to hydrolysis) is 2. The van der Waals surface area contributed by atoms with Crippen LogP contribution in [0.4, 0.5) is 14.0 Å². The molecule has 71 heavy (non-hydrogen) atoms. The van der Waals surface area contributed by atoms with Crippen molar-refractivity contribution < 1.29 is 37.8 Å². The summed E-state index contributed by atoms with van der Waals surface area (Å²) in [6, 6.07) is 9.08. The SMILES string of the molecule is COC(=O)NC(C=C(C)C)C(=O)N1CCC[C@H]1c1ncc(-c2cc(F)c3c(c2)OC(c2cnc(C4CCCC4)s2)n2c-3cc3cc(-c4cnc([C@@H]5CCCN5C(=O)[C@@H](NC(=O)OC)C(C)C)[nH]4)ccc32)[nH]1. The molecular formula is C52H59FN10O7S. The summed E-state index contributed by atoms with van der Waals surface area (Å²) in [6.07, 6.45) is 12.5. The van der Waals surface area contributed by atoms with E-state index in [0.717, 1.165) is 69.7 Å². The van der Waals surface area contributed by atoms with Gasteiger partial charge >= 0.3 is 12.2 Å². The second kappa shape index (κ2) is 19.6. The first-order valence-corrected chi connectivity index (χ1v) is 25.3. The summed E-state index contributed by atoms with van der Waals surface area (Å²) in [5.41, 5.74) is 5.43. The number of H-pyrrole nitrogens is 2. The fraction of sp³-hybridized carbons (Fsp3) is 0.442. The first-order chi connectivity index (χ1) is 34.3. The van der Waals surface area contributed by atoms with E-state index in [0.29, 0.717) is 65.3 Å². The van der Waals surface area contributed by atoms with Crippen LogP contribution in [0.2, 0.25) is 0 Å². The number of carbonyl (C=O) groups excluding carboxylic acids is 4. The Morgan fingerprint density at radius 3 is 2.10 bits per heavy atom. The smallest absolute Gasteiger partial charge is 0.407 e. The van der Waals surface area contributed by atoms with Crippen LogP contribution in [0.1, 0.15) is 125 Å². The molecule has 4 amide bonds. The molecule has 5 atom stereocenters. The standard InChI is InChI=1S/C52H59FN10O7S/c1-27(2)19-34(59-51(66)68-5)48(64)61-17-9-13-38(61)45-55-25-36(58-45)31-21-33(53)43-40-22-32-20-30(35-24-54-46(57-35)39-14-10-18-62(39)49(65)44(28(3)4)60-52(67)69-6)15-16-37(32)63(40)50(70-41(43)23-31)42-26-56-47(71-42)29-11-7-8-12-29/h15-16,19-26,28-29,34,38-39,44,50H,7-14,17-18H2,1-6H3,(H,54,57)(H,55,58)(H,59,66)(H,60,67)/t34?,38-,39-,44-,50?/m0/s1. The topological polar surface area (TPSA) is 202 Å². The van der Waals surface area contributed by atoms with Crippen molar-refractivity contribution >= 4 is 46.2 Å². The number of allylic oxidation sites excluding steroid dienone is 1. The number of rotatable bonds is 12. The molecule has 2 aromatic carbocycles. The molecular weight excluding hydrogens is 928 g/mol. The van der Waals surface area contributed by atoms with E-state index in [2.05, 4.69) is 31.2 Å². The average molecular weight is 987 g/mol. The summed E-state index contributed by atoms with van der Waals surface area (Å²) in [4.78, 5) is 77.8. The average Bonchev–Trinajstić information content (AvgIpc) is 4.21. The van der Waals surface area contributed by atoms with Crippen LogP contribution in [-0.4, -0.2) is 103 Å². The van der Waals surface area contributed by atoms with Crippen LogP contribution in [0, 0.1) is 11.7 Å². The molecule has 7 heterocycles. The van der Waals surface area contributed by atoms with Crippen LogP contribution in [-0.2, 0) is 19.1 Å². The molecule has 372 valence electrons. The molecule has 1 aliphatic carbocycles. The fourth-order valence-electron chi connectivity index (χ4n) is 10.7. The van der Waals surface area contributed by atoms with Gasteiger partial charge in [0.25, 0.3) is 0 Å². The van der Waals surface area contributed by atoms with Crippen molar-refractivity contribution in [3.05, 3.63) is 94.0 Å². The molecule has 17 nitrogen and oxygen atoms in total. The first-order valence-electron chi connectivity index (χ1n) is 24.5. The lowest BCUT2D eigenvalue weighted by Gasteiger charge is -2.30. The largest absolute Gasteiger partial charge is 0.464 e. The minimum atomic E-state index is -0.912. The second-order valence-corrected chi connectivity index (χ2v) is 20.6. The van der Waals surface area contributed by atoms with E-state index in [9.17, 15) is 19.2 Å². The molecule has 2 unspecified atom stereocenters. The number of fused-ring (bicyclic) bond motifs is 5. The summed E-state index contributed by atoms with van der Waals surface area (Å²) in [7, 11) is 2.54. The van der Waals surface area contributed by atoms with E-state index in [1.165, 1.54) is 33.1 Å². The number of nitrogens with zero attached hydrogens (tertiary/aromatic N) is 6. The minimum absolute atomic E-state index is 0.155. The van der Waals surface area contributed by atoms with Crippen LogP contribution in [0.5, 0.6) is 5.75 Å². The number of thiazole rings is 1. The van der Waals surface area contributed by atoms with Gasteiger partial charge in [0, 0.05) is 41.7 Å². The van der Waals surface area contributed by atoms with Crippen molar-refractivity contribution in [2.75, 3.05) is 27.3 Å². The Morgan fingerprint density at radius 2 is 1.45 bits per heavy atom. The number of hydrogen-bond acceptors (Lipinski definition) is 11. The normalized spacial score (nSPS) is 19.6. The zero-order valence-corrected chi connectivity index (χ0v) is 41.5. The third-order valence-electron chi connectivity index (χ3n) is 14.2. The van der Waals surface area contributed by atoms with Crippen molar-refractivity contribution in [1.29, 1.82) is 0 Å². The zero-order valence-electron chi connectivity index (χ0n) is 40.7. The molecule has 10 rings (SSSR count). The van der Waals surface area contributed by atoms with Crippen LogP contribution >= 0.6 is 11.3 Å². The summed E-state index contributed by atoms with van der Waals surface area (Å²) >= 11 is 1.64. The highest BCUT2D eigenvalue weighted by atomic mass is 32.1. The molecule has 1 saturated carbocycles. The molecule has 6 aromatic rings. The third kappa shape index (κ3) is 9.15. The number of nitrogens with one attached hydrogen (secondary N) is 4. The van der Waals surface area contributed by atoms with E-state index < -0.39 is 36.3 Å². The highest BCUT2D eigenvalue weighted by Crippen LogP contribution is 2.49. The number of aromatic amines is 2. The number of ether oxygens (including phenoxy) is 3. The predicted molar refractivity (Wildman–Crippen MR) is 265 cm³/mol. The number of methoxy groups -OCH3 is 2. The van der Waals surface area contributed by atoms with Crippen LogP contribution in [0.15, 0.2) is 66.6 Å². The number of amides is 4. The highest BCUT2D eigenvalue weighted by Gasteiger charge is 2.39. The Bertz CT molecular complexity index is 3040. The van der Waals surface area contributed by atoms with Gasteiger partial charge < -0.3 is 44.6 Å². The number of likely N-dealkylation sites (tertiary alicyclic amines) is 2. The summed E-state index contributed by atoms with van der Waals surface area (Å²) < 4.78 is 35.6. The maximum absolute atomic E-state index is 17.0. The molecule has 0 spiro atoms. The van der Waals surface area contributed by atoms with Gasteiger partial charge in [-0.3, -0.25) is 14.2 Å².